The van der Waals surface area contributed by atoms with Gasteiger partial charge in [-0.2, -0.15) is 5.26 Å². The van der Waals surface area contributed by atoms with Crippen LogP contribution in [0.4, 0.5) is 4.79 Å². The van der Waals surface area contributed by atoms with Crippen LogP contribution in [0.1, 0.15) is 25.7 Å². The number of carboxylic acid groups (broad SMARTS) is 1. The third kappa shape index (κ3) is 2.42. The standard InChI is InChI=1S/C8H12N2O2/c9-5-6-2-1-3-7(4-6)10-8(11)12/h6-7,10H,1-4H2,(H,11,12)/t6-,7+/m1/s1. The zero-order chi connectivity index (χ0) is 8.97. The Hall–Kier alpha value is -1.24. The number of nitriles is 1. The zero-order valence-corrected chi connectivity index (χ0v) is 6.79. The Bertz CT molecular complexity index is 210. The third-order valence-corrected chi connectivity index (χ3v) is 2.18. The summed E-state index contributed by atoms with van der Waals surface area (Å²) in [6.07, 6.45) is 2.41. The highest BCUT2D eigenvalue weighted by Crippen LogP contribution is 2.23. The predicted octanol–water partition coefficient (Wildman–Crippen LogP) is 1.34. The molecule has 0 spiro atoms. The van der Waals surface area contributed by atoms with Crippen molar-refractivity contribution in [2.45, 2.75) is 31.7 Å². The molecule has 0 heterocycles. The Labute approximate surface area is 71.2 Å². The van der Waals surface area contributed by atoms with Gasteiger partial charge >= 0.3 is 6.09 Å². The van der Waals surface area contributed by atoms with Crippen molar-refractivity contribution in [1.29, 1.82) is 5.26 Å². The molecule has 1 aliphatic carbocycles. The van der Waals surface area contributed by atoms with Gasteiger partial charge in [-0.15, -0.1) is 0 Å². The molecule has 0 aromatic heterocycles. The van der Waals surface area contributed by atoms with Crippen molar-refractivity contribution in [3.63, 3.8) is 0 Å². The Morgan fingerprint density at radius 3 is 2.92 bits per heavy atom. The average molecular weight is 168 g/mol. The van der Waals surface area contributed by atoms with Gasteiger partial charge in [-0.3, -0.25) is 0 Å². The van der Waals surface area contributed by atoms with E-state index in [1.165, 1.54) is 0 Å². The van der Waals surface area contributed by atoms with Crippen LogP contribution in [0.15, 0.2) is 0 Å². The molecule has 1 rings (SSSR count). The second-order valence-electron chi connectivity index (χ2n) is 3.14. The summed E-state index contributed by atoms with van der Waals surface area (Å²) in [6.45, 7) is 0. The van der Waals surface area contributed by atoms with Crippen molar-refractivity contribution in [2.75, 3.05) is 0 Å². The molecule has 1 amide bonds. The van der Waals surface area contributed by atoms with Crippen molar-refractivity contribution >= 4 is 6.09 Å². The molecule has 0 radical (unpaired) electrons. The van der Waals surface area contributed by atoms with Crippen LogP contribution in [-0.2, 0) is 0 Å². The smallest absolute Gasteiger partial charge is 0.404 e. The van der Waals surface area contributed by atoms with Crippen molar-refractivity contribution in [3.05, 3.63) is 0 Å². The Balaban J connectivity index is 2.36. The first-order chi connectivity index (χ1) is 5.72. The topological polar surface area (TPSA) is 73.1 Å². The number of hydrogen-bond donors (Lipinski definition) is 2. The molecule has 0 aromatic rings. The monoisotopic (exact) mass is 168 g/mol. The van der Waals surface area contributed by atoms with Gasteiger partial charge in [0.1, 0.15) is 0 Å². The third-order valence-electron chi connectivity index (χ3n) is 2.18. The van der Waals surface area contributed by atoms with E-state index in [4.69, 9.17) is 10.4 Å². The van der Waals surface area contributed by atoms with Crippen LogP contribution >= 0.6 is 0 Å². The van der Waals surface area contributed by atoms with Gasteiger partial charge in [-0.1, -0.05) is 6.42 Å². The molecule has 0 aromatic carbocycles. The maximum Gasteiger partial charge on any atom is 0.404 e. The fraction of sp³-hybridized carbons (Fsp3) is 0.750. The maximum atomic E-state index is 10.3. The molecule has 66 valence electrons. The minimum Gasteiger partial charge on any atom is -0.465 e. The second-order valence-corrected chi connectivity index (χ2v) is 3.14. The number of nitrogens with one attached hydrogen (secondary N) is 1. The largest absolute Gasteiger partial charge is 0.465 e. The molecular formula is C8H12N2O2. The molecule has 4 heteroatoms. The first kappa shape index (κ1) is 8.85. The van der Waals surface area contributed by atoms with Gasteiger partial charge in [0.05, 0.1) is 6.07 Å². The van der Waals surface area contributed by atoms with Gasteiger partial charge in [-0.05, 0) is 19.3 Å². The van der Waals surface area contributed by atoms with Gasteiger partial charge in [0, 0.05) is 12.0 Å². The molecular weight excluding hydrogens is 156 g/mol. The number of rotatable bonds is 1. The first-order valence-corrected chi connectivity index (χ1v) is 4.11. The van der Waals surface area contributed by atoms with E-state index in [9.17, 15) is 4.79 Å². The summed E-state index contributed by atoms with van der Waals surface area (Å²) in [7, 11) is 0. The van der Waals surface area contributed by atoms with E-state index < -0.39 is 6.09 Å². The lowest BCUT2D eigenvalue weighted by molar-refractivity contribution is 0.184. The van der Waals surface area contributed by atoms with Gasteiger partial charge < -0.3 is 10.4 Å². The van der Waals surface area contributed by atoms with Gasteiger partial charge in [0.15, 0.2) is 0 Å². The van der Waals surface area contributed by atoms with E-state index in [1.54, 1.807) is 0 Å². The quantitative estimate of drug-likeness (QED) is 0.620. The molecule has 12 heavy (non-hydrogen) atoms. The lowest BCUT2D eigenvalue weighted by Gasteiger charge is -2.24. The normalized spacial score (nSPS) is 28.9. The highest BCUT2D eigenvalue weighted by atomic mass is 16.4. The lowest BCUT2D eigenvalue weighted by Crippen LogP contribution is -2.37. The van der Waals surface area contributed by atoms with Crippen LogP contribution in [0.5, 0.6) is 0 Å². The highest BCUT2D eigenvalue weighted by molar-refractivity contribution is 5.64. The summed E-state index contributed by atoms with van der Waals surface area (Å²) < 4.78 is 0. The summed E-state index contributed by atoms with van der Waals surface area (Å²) in [5, 5.41) is 19.5. The number of hydrogen-bond acceptors (Lipinski definition) is 2. The Morgan fingerprint density at radius 2 is 2.33 bits per heavy atom. The van der Waals surface area contributed by atoms with E-state index >= 15 is 0 Å². The summed E-state index contributed by atoms with van der Waals surface area (Å²) in [6, 6.07) is 2.16. The SMILES string of the molecule is N#C[C@@H]1CCC[C@H](NC(=O)O)C1. The Kier molecular flexibility index (Phi) is 2.92. The van der Waals surface area contributed by atoms with Crippen molar-refractivity contribution in [1.82, 2.24) is 5.32 Å². The van der Waals surface area contributed by atoms with Crippen LogP contribution in [0.2, 0.25) is 0 Å². The predicted molar refractivity (Wildman–Crippen MR) is 42.5 cm³/mol. The van der Waals surface area contributed by atoms with E-state index in [2.05, 4.69) is 11.4 Å². The molecule has 0 unspecified atom stereocenters. The van der Waals surface area contributed by atoms with Crippen LogP contribution in [0.25, 0.3) is 0 Å². The molecule has 2 atom stereocenters. The van der Waals surface area contributed by atoms with Crippen LogP contribution in [0, 0.1) is 17.2 Å². The van der Waals surface area contributed by atoms with Gasteiger partial charge in [-0.25, -0.2) is 4.79 Å². The molecule has 1 aliphatic rings. The fourth-order valence-corrected chi connectivity index (χ4v) is 1.61. The minimum atomic E-state index is -0.987. The van der Waals surface area contributed by atoms with Crippen molar-refractivity contribution in [2.24, 2.45) is 5.92 Å². The van der Waals surface area contributed by atoms with E-state index in [0.717, 1.165) is 19.3 Å². The minimum absolute atomic E-state index is 0.0131. The summed E-state index contributed by atoms with van der Waals surface area (Å²) in [5.41, 5.74) is 0. The first-order valence-electron chi connectivity index (χ1n) is 4.11. The fourth-order valence-electron chi connectivity index (χ4n) is 1.61. The molecule has 1 fully saturated rings. The maximum absolute atomic E-state index is 10.3. The van der Waals surface area contributed by atoms with Crippen LogP contribution in [0.3, 0.4) is 0 Å². The van der Waals surface area contributed by atoms with Crippen LogP contribution < -0.4 is 5.32 Å². The molecule has 0 saturated heterocycles. The Morgan fingerprint density at radius 1 is 1.58 bits per heavy atom. The van der Waals surface area contributed by atoms with E-state index in [1.807, 2.05) is 0 Å². The molecule has 0 aliphatic heterocycles. The number of carbonyl (C=O) groups is 1. The van der Waals surface area contributed by atoms with Crippen molar-refractivity contribution in [3.8, 4) is 6.07 Å². The van der Waals surface area contributed by atoms with Gasteiger partial charge in [0.25, 0.3) is 0 Å². The lowest BCUT2D eigenvalue weighted by atomic mass is 9.87. The van der Waals surface area contributed by atoms with E-state index in [-0.39, 0.29) is 12.0 Å². The zero-order valence-electron chi connectivity index (χ0n) is 6.79. The van der Waals surface area contributed by atoms with Crippen molar-refractivity contribution < 1.29 is 9.90 Å². The molecule has 0 bridgehead atoms. The highest BCUT2D eigenvalue weighted by Gasteiger charge is 2.22. The second kappa shape index (κ2) is 3.96. The number of amides is 1. The average Bonchev–Trinajstić information content (AvgIpc) is 2.03. The summed E-state index contributed by atoms with van der Waals surface area (Å²) >= 11 is 0. The summed E-state index contributed by atoms with van der Waals surface area (Å²) in [4.78, 5) is 10.3. The van der Waals surface area contributed by atoms with Crippen LogP contribution in [-0.4, -0.2) is 17.2 Å². The van der Waals surface area contributed by atoms with E-state index in [0.29, 0.717) is 6.42 Å². The molecule has 2 N–H and O–H groups in total. The molecule has 4 nitrogen and oxygen atoms in total. The number of nitrogens with zero attached hydrogens (tertiary/aromatic N) is 1. The van der Waals surface area contributed by atoms with Gasteiger partial charge in [0.2, 0.25) is 0 Å². The molecule has 1 saturated carbocycles. The summed E-state index contributed by atoms with van der Waals surface area (Å²) in [5.74, 6) is 0.0376.